The van der Waals surface area contributed by atoms with E-state index in [4.69, 9.17) is 0 Å². The molecular formula is C15H24N2S. The number of hydrogen-bond acceptors (Lipinski definition) is 3. The summed E-state index contributed by atoms with van der Waals surface area (Å²) >= 11 is 2.09. The summed E-state index contributed by atoms with van der Waals surface area (Å²) in [6.45, 7) is 2.14. The number of nitrogens with one attached hydrogen (secondary N) is 1. The first-order chi connectivity index (χ1) is 8.81. The van der Waals surface area contributed by atoms with Crippen LogP contribution in [-0.4, -0.2) is 43.1 Å². The Kier molecular flexibility index (Phi) is 5.54. The van der Waals surface area contributed by atoms with Crippen LogP contribution in [0.15, 0.2) is 24.3 Å². The molecule has 3 heteroatoms. The molecule has 1 aromatic rings. The molecule has 0 aliphatic carbocycles. The van der Waals surface area contributed by atoms with Crippen molar-refractivity contribution in [2.45, 2.75) is 25.4 Å². The maximum absolute atomic E-state index is 3.23. The Morgan fingerprint density at radius 2 is 2.11 bits per heavy atom. The van der Waals surface area contributed by atoms with Crippen molar-refractivity contribution in [3.8, 4) is 0 Å². The van der Waals surface area contributed by atoms with Crippen LogP contribution in [0, 0.1) is 0 Å². The third-order valence-corrected chi connectivity index (χ3v) is 4.86. The molecule has 0 spiro atoms. The summed E-state index contributed by atoms with van der Waals surface area (Å²) in [6, 6.07) is 9.63. The lowest BCUT2D eigenvalue weighted by Gasteiger charge is -2.24. The third kappa shape index (κ3) is 3.74. The first-order valence-corrected chi connectivity index (χ1v) is 7.96. The van der Waals surface area contributed by atoms with Crippen molar-refractivity contribution in [1.82, 2.24) is 10.2 Å². The number of nitrogens with zero attached hydrogens (tertiary/aromatic N) is 1. The Hall–Kier alpha value is -0.510. The number of benzene rings is 1. The first kappa shape index (κ1) is 13.9. The highest BCUT2D eigenvalue weighted by atomic mass is 32.2. The fourth-order valence-electron chi connectivity index (χ4n) is 2.48. The minimum Gasteiger partial charge on any atom is -0.319 e. The van der Waals surface area contributed by atoms with Gasteiger partial charge in [0.15, 0.2) is 0 Å². The molecule has 1 atom stereocenters. The lowest BCUT2D eigenvalue weighted by Crippen LogP contribution is -2.31. The fourth-order valence-corrected chi connectivity index (χ4v) is 3.78. The molecule has 0 aromatic heterocycles. The molecular weight excluding hydrogens is 240 g/mol. The van der Waals surface area contributed by atoms with Crippen LogP contribution in [-0.2, 0) is 13.0 Å². The maximum atomic E-state index is 3.23. The van der Waals surface area contributed by atoms with Crippen molar-refractivity contribution in [1.29, 1.82) is 0 Å². The van der Waals surface area contributed by atoms with E-state index in [0.717, 1.165) is 25.6 Å². The van der Waals surface area contributed by atoms with Crippen LogP contribution >= 0.6 is 11.8 Å². The molecule has 0 bridgehead atoms. The standard InChI is InChI=1S/C15H24N2S/c1-16-9-7-13-5-3-4-6-14(13)11-17(2)15-8-10-18-12-15/h3-6,15-16H,7-12H2,1-2H3. The normalized spacial score (nSPS) is 19.6. The Bertz CT molecular complexity index is 361. The lowest BCUT2D eigenvalue weighted by atomic mass is 10.0. The molecule has 1 heterocycles. The quantitative estimate of drug-likeness (QED) is 0.849. The summed E-state index contributed by atoms with van der Waals surface area (Å²) in [7, 11) is 4.29. The minimum atomic E-state index is 0.771. The van der Waals surface area contributed by atoms with Gasteiger partial charge in [-0.05, 0) is 50.4 Å². The second-order valence-electron chi connectivity index (χ2n) is 5.05. The predicted molar refractivity (Wildman–Crippen MR) is 81.3 cm³/mol. The highest BCUT2D eigenvalue weighted by Gasteiger charge is 2.20. The summed E-state index contributed by atoms with van der Waals surface area (Å²) in [4.78, 5) is 2.53. The summed E-state index contributed by atoms with van der Waals surface area (Å²) < 4.78 is 0. The highest BCUT2D eigenvalue weighted by Crippen LogP contribution is 2.23. The average Bonchev–Trinajstić information content (AvgIpc) is 2.91. The van der Waals surface area contributed by atoms with Crippen LogP contribution in [0.4, 0.5) is 0 Å². The molecule has 2 nitrogen and oxygen atoms in total. The van der Waals surface area contributed by atoms with E-state index in [9.17, 15) is 0 Å². The zero-order valence-electron chi connectivity index (χ0n) is 11.5. The smallest absolute Gasteiger partial charge is 0.0236 e. The van der Waals surface area contributed by atoms with Crippen LogP contribution in [0.1, 0.15) is 17.5 Å². The van der Waals surface area contributed by atoms with Crippen molar-refractivity contribution < 1.29 is 0 Å². The lowest BCUT2D eigenvalue weighted by molar-refractivity contribution is 0.253. The molecule has 1 saturated heterocycles. The van der Waals surface area contributed by atoms with Gasteiger partial charge in [-0.3, -0.25) is 4.90 Å². The summed E-state index contributed by atoms with van der Waals surface area (Å²) in [6.07, 6.45) is 2.47. The Balaban J connectivity index is 1.98. The number of hydrogen-bond donors (Lipinski definition) is 1. The monoisotopic (exact) mass is 264 g/mol. The zero-order chi connectivity index (χ0) is 12.8. The molecule has 18 heavy (non-hydrogen) atoms. The molecule has 100 valence electrons. The van der Waals surface area contributed by atoms with E-state index in [1.54, 1.807) is 0 Å². The average molecular weight is 264 g/mol. The summed E-state index contributed by atoms with van der Waals surface area (Å²) in [5, 5.41) is 3.23. The summed E-state index contributed by atoms with van der Waals surface area (Å²) in [5.74, 6) is 2.63. The van der Waals surface area contributed by atoms with Crippen LogP contribution in [0.3, 0.4) is 0 Å². The topological polar surface area (TPSA) is 15.3 Å². The van der Waals surface area contributed by atoms with Gasteiger partial charge in [0, 0.05) is 18.3 Å². The van der Waals surface area contributed by atoms with Gasteiger partial charge in [-0.1, -0.05) is 24.3 Å². The Morgan fingerprint density at radius 1 is 1.33 bits per heavy atom. The van der Waals surface area contributed by atoms with Crippen LogP contribution in [0.2, 0.25) is 0 Å². The van der Waals surface area contributed by atoms with Gasteiger partial charge in [0.05, 0.1) is 0 Å². The van der Waals surface area contributed by atoms with Crippen LogP contribution in [0.25, 0.3) is 0 Å². The third-order valence-electron chi connectivity index (χ3n) is 3.71. The van der Waals surface area contributed by atoms with Gasteiger partial charge in [0.1, 0.15) is 0 Å². The van der Waals surface area contributed by atoms with Crippen LogP contribution < -0.4 is 5.32 Å². The van der Waals surface area contributed by atoms with Crippen LogP contribution in [0.5, 0.6) is 0 Å². The molecule has 1 unspecified atom stereocenters. The first-order valence-electron chi connectivity index (χ1n) is 6.80. The zero-order valence-corrected chi connectivity index (χ0v) is 12.3. The number of likely N-dealkylation sites (N-methyl/N-ethyl adjacent to an activating group) is 1. The molecule has 1 aromatic carbocycles. The van der Waals surface area contributed by atoms with E-state index < -0.39 is 0 Å². The van der Waals surface area contributed by atoms with Gasteiger partial charge >= 0.3 is 0 Å². The van der Waals surface area contributed by atoms with E-state index in [-0.39, 0.29) is 0 Å². The maximum Gasteiger partial charge on any atom is 0.0236 e. The van der Waals surface area contributed by atoms with E-state index in [2.05, 4.69) is 53.3 Å². The van der Waals surface area contributed by atoms with E-state index in [0.29, 0.717) is 0 Å². The second-order valence-corrected chi connectivity index (χ2v) is 6.20. The van der Waals surface area contributed by atoms with Gasteiger partial charge in [-0.2, -0.15) is 11.8 Å². The largest absolute Gasteiger partial charge is 0.319 e. The fraction of sp³-hybridized carbons (Fsp3) is 0.600. The molecule has 0 amide bonds. The van der Waals surface area contributed by atoms with Gasteiger partial charge in [0.25, 0.3) is 0 Å². The molecule has 1 fully saturated rings. The van der Waals surface area contributed by atoms with E-state index >= 15 is 0 Å². The number of thioether (sulfide) groups is 1. The molecule has 1 aliphatic heterocycles. The van der Waals surface area contributed by atoms with Crippen molar-refractivity contribution >= 4 is 11.8 Å². The van der Waals surface area contributed by atoms with Gasteiger partial charge in [-0.15, -0.1) is 0 Å². The van der Waals surface area contributed by atoms with Gasteiger partial charge < -0.3 is 5.32 Å². The highest BCUT2D eigenvalue weighted by molar-refractivity contribution is 7.99. The molecule has 1 N–H and O–H groups in total. The Labute approximate surface area is 115 Å². The van der Waals surface area contributed by atoms with Crippen molar-refractivity contribution in [2.75, 3.05) is 32.1 Å². The van der Waals surface area contributed by atoms with Crippen molar-refractivity contribution in [3.05, 3.63) is 35.4 Å². The molecule has 0 saturated carbocycles. The van der Waals surface area contributed by atoms with E-state index in [1.807, 2.05) is 7.05 Å². The summed E-state index contributed by atoms with van der Waals surface area (Å²) in [5.41, 5.74) is 2.98. The Morgan fingerprint density at radius 3 is 2.78 bits per heavy atom. The second kappa shape index (κ2) is 7.17. The van der Waals surface area contributed by atoms with E-state index in [1.165, 1.54) is 29.1 Å². The SMILES string of the molecule is CNCCc1ccccc1CN(C)C1CCSC1. The molecule has 0 radical (unpaired) electrons. The molecule has 2 rings (SSSR count). The molecule has 1 aliphatic rings. The number of rotatable bonds is 6. The van der Waals surface area contributed by atoms with Gasteiger partial charge in [0.2, 0.25) is 0 Å². The van der Waals surface area contributed by atoms with Crippen molar-refractivity contribution in [3.63, 3.8) is 0 Å². The predicted octanol–water partition coefficient (Wildman–Crippen LogP) is 2.39. The van der Waals surface area contributed by atoms with Gasteiger partial charge in [-0.25, -0.2) is 0 Å². The minimum absolute atomic E-state index is 0.771. The van der Waals surface area contributed by atoms with Crippen molar-refractivity contribution in [2.24, 2.45) is 0 Å².